The number of amides is 1. The van der Waals surface area contributed by atoms with Crippen LogP contribution < -0.4 is 4.74 Å². The minimum Gasteiger partial charge on any atom is -0.494 e. The van der Waals surface area contributed by atoms with Gasteiger partial charge in [-0.2, -0.15) is 0 Å². The van der Waals surface area contributed by atoms with Crippen LogP contribution in [0.3, 0.4) is 0 Å². The number of hydrogen-bond donors (Lipinski definition) is 0. The third kappa shape index (κ3) is 6.60. The normalized spacial score (nSPS) is 15.1. The van der Waals surface area contributed by atoms with Crippen molar-refractivity contribution < 1.29 is 9.53 Å². The summed E-state index contributed by atoms with van der Waals surface area (Å²) in [5, 5.41) is 0. The molecule has 1 aliphatic heterocycles. The summed E-state index contributed by atoms with van der Waals surface area (Å²) in [6.45, 7) is 9.38. The molecular formula is C26H36N2O2. The Bertz CT molecular complexity index is 752. The van der Waals surface area contributed by atoms with Crippen molar-refractivity contribution in [3.8, 4) is 5.75 Å². The van der Waals surface area contributed by atoms with Crippen LogP contribution in [0.25, 0.3) is 0 Å². The first-order chi connectivity index (χ1) is 14.7. The molecule has 0 bridgehead atoms. The molecule has 0 N–H and O–H groups in total. The van der Waals surface area contributed by atoms with Gasteiger partial charge in [0.15, 0.2) is 0 Å². The molecule has 4 nitrogen and oxygen atoms in total. The maximum atomic E-state index is 13.3. The Labute approximate surface area is 181 Å². The van der Waals surface area contributed by atoms with Crippen molar-refractivity contribution in [3.63, 3.8) is 0 Å². The molecule has 1 saturated heterocycles. The van der Waals surface area contributed by atoms with Crippen LogP contribution in [0.1, 0.15) is 50.7 Å². The Kier molecular flexibility index (Phi) is 8.76. The van der Waals surface area contributed by atoms with Gasteiger partial charge in [-0.15, -0.1) is 0 Å². The number of carbonyl (C=O) groups is 1. The van der Waals surface area contributed by atoms with E-state index in [1.54, 1.807) is 0 Å². The zero-order valence-corrected chi connectivity index (χ0v) is 18.6. The number of piperidine rings is 1. The number of nitrogens with zero attached hydrogens (tertiary/aromatic N) is 2. The molecule has 4 heteroatoms. The highest BCUT2D eigenvalue weighted by Gasteiger charge is 2.28. The molecule has 0 saturated carbocycles. The van der Waals surface area contributed by atoms with Gasteiger partial charge in [-0.05, 0) is 62.5 Å². The first kappa shape index (κ1) is 22.4. The van der Waals surface area contributed by atoms with Gasteiger partial charge in [-0.3, -0.25) is 9.69 Å². The van der Waals surface area contributed by atoms with Gasteiger partial charge in [0, 0.05) is 25.6 Å². The smallest absolute Gasteiger partial charge is 0.226 e. The predicted octanol–water partition coefficient (Wildman–Crippen LogP) is 5.13. The molecule has 3 rings (SSSR count). The number of ether oxygens (including phenoxy) is 1. The maximum Gasteiger partial charge on any atom is 0.226 e. The van der Waals surface area contributed by atoms with E-state index in [0.717, 1.165) is 64.2 Å². The summed E-state index contributed by atoms with van der Waals surface area (Å²) in [6.07, 6.45) is 4.08. The average Bonchev–Trinajstić information content (AvgIpc) is 2.79. The molecule has 1 heterocycles. The highest BCUT2D eigenvalue weighted by Crippen LogP contribution is 2.23. The fraction of sp³-hybridized carbons (Fsp3) is 0.500. The van der Waals surface area contributed by atoms with E-state index in [9.17, 15) is 4.79 Å². The van der Waals surface area contributed by atoms with E-state index < -0.39 is 0 Å². The Hall–Kier alpha value is -2.33. The molecule has 0 spiro atoms. The van der Waals surface area contributed by atoms with E-state index in [1.807, 2.05) is 25.1 Å². The average molecular weight is 409 g/mol. The Balaban J connectivity index is 1.52. The van der Waals surface area contributed by atoms with Crippen molar-refractivity contribution in [2.75, 3.05) is 26.2 Å². The number of rotatable bonds is 10. The second-order valence-electron chi connectivity index (χ2n) is 8.23. The van der Waals surface area contributed by atoms with E-state index in [1.165, 1.54) is 11.1 Å². The summed E-state index contributed by atoms with van der Waals surface area (Å²) in [6, 6.07) is 18.8. The molecule has 0 radical (unpaired) electrons. The van der Waals surface area contributed by atoms with Gasteiger partial charge in [0.2, 0.25) is 5.91 Å². The zero-order chi connectivity index (χ0) is 21.2. The molecule has 2 aromatic rings. The number of unbranched alkanes of at least 4 members (excludes halogenated alkanes) is 1. The number of carbonyl (C=O) groups excluding carboxylic acids is 1. The molecule has 0 aromatic heterocycles. The molecule has 1 amide bonds. The summed E-state index contributed by atoms with van der Waals surface area (Å²) >= 11 is 0. The molecule has 0 aliphatic carbocycles. The first-order valence-electron chi connectivity index (χ1n) is 11.5. The minimum absolute atomic E-state index is 0.155. The van der Waals surface area contributed by atoms with E-state index in [-0.39, 0.29) is 5.92 Å². The monoisotopic (exact) mass is 408 g/mol. The lowest BCUT2D eigenvalue weighted by Crippen LogP contribution is -2.42. The molecule has 162 valence electrons. The van der Waals surface area contributed by atoms with E-state index in [4.69, 9.17) is 4.74 Å². The van der Waals surface area contributed by atoms with Crippen molar-refractivity contribution in [2.24, 2.45) is 5.92 Å². The van der Waals surface area contributed by atoms with E-state index in [2.05, 4.69) is 53.1 Å². The third-order valence-corrected chi connectivity index (χ3v) is 5.89. The summed E-state index contributed by atoms with van der Waals surface area (Å²) in [7, 11) is 0. The number of benzene rings is 2. The van der Waals surface area contributed by atoms with Crippen LogP contribution in [0.15, 0.2) is 54.6 Å². The Morgan fingerprint density at radius 2 is 1.70 bits per heavy atom. The van der Waals surface area contributed by atoms with Crippen LogP contribution in [-0.2, 0) is 17.9 Å². The molecule has 1 fully saturated rings. The van der Waals surface area contributed by atoms with Gasteiger partial charge >= 0.3 is 0 Å². The zero-order valence-electron chi connectivity index (χ0n) is 18.6. The number of likely N-dealkylation sites (tertiary alicyclic amines) is 1. The fourth-order valence-electron chi connectivity index (χ4n) is 4.13. The van der Waals surface area contributed by atoms with Gasteiger partial charge < -0.3 is 9.64 Å². The fourth-order valence-corrected chi connectivity index (χ4v) is 4.13. The van der Waals surface area contributed by atoms with Gasteiger partial charge in [0.1, 0.15) is 5.75 Å². The van der Waals surface area contributed by atoms with Crippen LogP contribution in [0, 0.1) is 5.92 Å². The minimum atomic E-state index is 0.155. The van der Waals surface area contributed by atoms with Crippen LogP contribution in [0.2, 0.25) is 0 Å². The molecular weight excluding hydrogens is 372 g/mol. The second kappa shape index (κ2) is 11.8. The summed E-state index contributed by atoms with van der Waals surface area (Å²) in [5.41, 5.74) is 2.52. The Morgan fingerprint density at radius 1 is 1.00 bits per heavy atom. The highest BCUT2D eigenvalue weighted by atomic mass is 16.5. The summed E-state index contributed by atoms with van der Waals surface area (Å²) in [5.74, 6) is 1.42. The van der Waals surface area contributed by atoms with E-state index in [0.29, 0.717) is 12.5 Å². The molecule has 0 atom stereocenters. The summed E-state index contributed by atoms with van der Waals surface area (Å²) in [4.78, 5) is 17.8. The van der Waals surface area contributed by atoms with Gasteiger partial charge in [0.05, 0.1) is 6.61 Å². The lowest BCUT2D eigenvalue weighted by atomic mass is 9.94. The molecule has 2 aromatic carbocycles. The van der Waals surface area contributed by atoms with Crippen LogP contribution in [0.4, 0.5) is 0 Å². The first-order valence-corrected chi connectivity index (χ1v) is 11.5. The second-order valence-corrected chi connectivity index (χ2v) is 8.23. The standard InChI is InChI=1S/C26H36N2O2/c1-3-5-17-28(21-22-9-7-6-8-10-22)26(29)24-15-18-27(19-16-24)20-23-11-13-25(14-12-23)30-4-2/h6-14,24H,3-5,15-21H2,1-2H3. The van der Waals surface area contributed by atoms with E-state index >= 15 is 0 Å². The maximum absolute atomic E-state index is 13.3. The van der Waals surface area contributed by atoms with Gasteiger partial charge in [-0.1, -0.05) is 55.8 Å². The van der Waals surface area contributed by atoms with Gasteiger partial charge in [-0.25, -0.2) is 0 Å². The quantitative estimate of drug-likeness (QED) is 0.547. The van der Waals surface area contributed by atoms with Crippen molar-refractivity contribution in [1.82, 2.24) is 9.80 Å². The van der Waals surface area contributed by atoms with Crippen molar-refractivity contribution in [1.29, 1.82) is 0 Å². The third-order valence-electron chi connectivity index (χ3n) is 5.89. The molecule has 1 aliphatic rings. The van der Waals surface area contributed by atoms with Crippen molar-refractivity contribution >= 4 is 5.91 Å². The van der Waals surface area contributed by atoms with Crippen LogP contribution >= 0.6 is 0 Å². The van der Waals surface area contributed by atoms with Crippen LogP contribution in [0.5, 0.6) is 5.75 Å². The van der Waals surface area contributed by atoms with Crippen molar-refractivity contribution in [2.45, 2.75) is 52.6 Å². The number of hydrogen-bond acceptors (Lipinski definition) is 3. The highest BCUT2D eigenvalue weighted by molar-refractivity contribution is 5.79. The summed E-state index contributed by atoms with van der Waals surface area (Å²) < 4.78 is 5.53. The van der Waals surface area contributed by atoms with Crippen molar-refractivity contribution in [3.05, 3.63) is 65.7 Å². The van der Waals surface area contributed by atoms with Crippen LogP contribution in [-0.4, -0.2) is 41.9 Å². The predicted molar refractivity (Wildman–Crippen MR) is 122 cm³/mol. The topological polar surface area (TPSA) is 32.8 Å². The largest absolute Gasteiger partial charge is 0.494 e. The SMILES string of the molecule is CCCCN(Cc1ccccc1)C(=O)C1CCN(Cc2ccc(OCC)cc2)CC1. The lowest BCUT2D eigenvalue weighted by Gasteiger charge is -2.34. The molecule has 0 unspecified atom stereocenters. The lowest BCUT2D eigenvalue weighted by molar-refractivity contribution is -0.137. The molecule has 30 heavy (non-hydrogen) atoms. The Morgan fingerprint density at radius 3 is 2.33 bits per heavy atom. The van der Waals surface area contributed by atoms with Gasteiger partial charge in [0.25, 0.3) is 0 Å².